The highest BCUT2D eigenvalue weighted by atomic mass is 127. The minimum atomic E-state index is -0.0808. The van der Waals surface area contributed by atoms with Crippen molar-refractivity contribution in [1.29, 1.82) is 0 Å². The van der Waals surface area contributed by atoms with E-state index in [2.05, 4.69) is 25.9 Å². The maximum absolute atomic E-state index is 11.7. The Labute approximate surface area is 177 Å². The van der Waals surface area contributed by atoms with E-state index in [-0.39, 0.29) is 29.9 Å². The van der Waals surface area contributed by atoms with Crippen LogP contribution in [0.3, 0.4) is 0 Å². The lowest BCUT2D eigenvalue weighted by atomic mass is 10.1. The van der Waals surface area contributed by atoms with E-state index in [4.69, 9.17) is 4.74 Å². The molecule has 1 aromatic heterocycles. The van der Waals surface area contributed by atoms with Crippen LogP contribution >= 0.6 is 24.0 Å². The highest BCUT2D eigenvalue weighted by Gasteiger charge is 2.06. The molecule has 0 aliphatic heterocycles. The van der Waals surface area contributed by atoms with Crippen LogP contribution in [0.1, 0.15) is 21.5 Å². The summed E-state index contributed by atoms with van der Waals surface area (Å²) < 4.78 is 5.25. The van der Waals surface area contributed by atoms with Gasteiger partial charge in [-0.2, -0.15) is 0 Å². The van der Waals surface area contributed by atoms with Crippen LogP contribution in [-0.2, 0) is 13.0 Å². The molecule has 1 amide bonds. The maximum Gasteiger partial charge on any atom is 0.251 e. The van der Waals surface area contributed by atoms with Gasteiger partial charge in [0, 0.05) is 44.5 Å². The summed E-state index contributed by atoms with van der Waals surface area (Å²) >= 11 is 0. The predicted octanol–water partition coefficient (Wildman–Crippen LogP) is 1.98. The second-order valence-electron chi connectivity index (χ2n) is 5.55. The lowest BCUT2D eigenvalue weighted by Crippen LogP contribution is -2.38. The molecule has 0 unspecified atom stereocenters. The molecule has 0 spiro atoms. The van der Waals surface area contributed by atoms with Gasteiger partial charge in [0.2, 0.25) is 5.88 Å². The van der Waals surface area contributed by atoms with E-state index in [0.717, 1.165) is 17.5 Å². The Hall–Kier alpha value is -2.36. The second-order valence-corrected chi connectivity index (χ2v) is 5.55. The summed E-state index contributed by atoms with van der Waals surface area (Å²) in [6.07, 6.45) is 2.48. The van der Waals surface area contributed by atoms with Gasteiger partial charge in [-0.1, -0.05) is 18.2 Å². The Morgan fingerprint density at radius 1 is 1.22 bits per heavy atom. The number of nitrogens with one attached hydrogen (secondary N) is 3. The SMILES string of the molecule is CN=C(NCCc1cccc(C(=O)NC)c1)NCc1cccnc1OC.I. The average Bonchev–Trinajstić information content (AvgIpc) is 2.70. The summed E-state index contributed by atoms with van der Waals surface area (Å²) in [7, 11) is 4.96. The van der Waals surface area contributed by atoms with Crippen molar-refractivity contribution in [3.05, 3.63) is 59.3 Å². The van der Waals surface area contributed by atoms with E-state index in [1.54, 1.807) is 33.5 Å². The monoisotopic (exact) mass is 483 g/mol. The minimum Gasteiger partial charge on any atom is -0.481 e. The number of amides is 1. The van der Waals surface area contributed by atoms with Gasteiger partial charge in [-0.15, -0.1) is 24.0 Å². The number of carbonyl (C=O) groups excluding carboxylic acids is 1. The third-order valence-corrected chi connectivity index (χ3v) is 3.84. The third-order valence-electron chi connectivity index (χ3n) is 3.84. The summed E-state index contributed by atoms with van der Waals surface area (Å²) in [5, 5.41) is 9.14. The van der Waals surface area contributed by atoms with Crippen LogP contribution < -0.4 is 20.7 Å². The van der Waals surface area contributed by atoms with Gasteiger partial charge in [-0.05, 0) is 30.2 Å². The molecule has 0 saturated carbocycles. The van der Waals surface area contributed by atoms with Gasteiger partial charge in [0.15, 0.2) is 5.96 Å². The molecule has 27 heavy (non-hydrogen) atoms. The fourth-order valence-corrected chi connectivity index (χ4v) is 2.48. The molecule has 3 N–H and O–H groups in total. The van der Waals surface area contributed by atoms with Crippen LogP contribution in [-0.4, -0.2) is 44.6 Å². The zero-order valence-electron chi connectivity index (χ0n) is 15.8. The molecule has 2 rings (SSSR count). The first-order valence-corrected chi connectivity index (χ1v) is 8.41. The number of halogens is 1. The van der Waals surface area contributed by atoms with Crippen molar-refractivity contribution in [2.45, 2.75) is 13.0 Å². The van der Waals surface area contributed by atoms with Gasteiger partial charge in [-0.25, -0.2) is 4.98 Å². The molecule has 0 fully saturated rings. The van der Waals surface area contributed by atoms with Crippen molar-refractivity contribution in [2.24, 2.45) is 4.99 Å². The van der Waals surface area contributed by atoms with E-state index in [0.29, 0.717) is 30.5 Å². The number of benzene rings is 1. The molecule has 7 nitrogen and oxygen atoms in total. The van der Waals surface area contributed by atoms with E-state index in [9.17, 15) is 4.79 Å². The van der Waals surface area contributed by atoms with Crippen molar-refractivity contribution >= 4 is 35.8 Å². The zero-order valence-corrected chi connectivity index (χ0v) is 18.1. The number of aliphatic imine (C=N–C) groups is 1. The summed E-state index contributed by atoms with van der Waals surface area (Å²) in [6.45, 7) is 1.25. The van der Waals surface area contributed by atoms with Gasteiger partial charge >= 0.3 is 0 Å². The van der Waals surface area contributed by atoms with Crippen LogP contribution in [0.2, 0.25) is 0 Å². The van der Waals surface area contributed by atoms with Crippen LogP contribution in [0.4, 0.5) is 0 Å². The van der Waals surface area contributed by atoms with Crippen LogP contribution in [0.15, 0.2) is 47.6 Å². The number of hydrogen-bond donors (Lipinski definition) is 3. The van der Waals surface area contributed by atoms with Gasteiger partial charge in [0.25, 0.3) is 5.91 Å². The quantitative estimate of drug-likeness (QED) is 0.319. The molecule has 0 radical (unpaired) electrons. The van der Waals surface area contributed by atoms with Crippen LogP contribution in [0.5, 0.6) is 5.88 Å². The van der Waals surface area contributed by atoms with Crippen molar-refractivity contribution < 1.29 is 9.53 Å². The zero-order chi connectivity index (χ0) is 18.8. The molecule has 0 aliphatic rings. The molecule has 1 aromatic carbocycles. The number of ether oxygens (including phenoxy) is 1. The predicted molar refractivity (Wildman–Crippen MR) is 118 cm³/mol. The normalized spacial score (nSPS) is 10.6. The molecule has 0 saturated heterocycles. The smallest absolute Gasteiger partial charge is 0.251 e. The fraction of sp³-hybridized carbons (Fsp3) is 0.316. The Morgan fingerprint density at radius 2 is 2.04 bits per heavy atom. The molecule has 0 atom stereocenters. The summed E-state index contributed by atoms with van der Waals surface area (Å²) in [5.41, 5.74) is 2.70. The van der Waals surface area contributed by atoms with E-state index >= 15 is 0 Å². The van der Waals surface area contributed by atoms with E-state index < -0.39 is 0 Å². The summed E-state index contributed by atoms with van der Waals surface area (Å²) in [5.74, 6) is 1.21. The Morgan fingerprint density at radius 3 is 2.74 bits per heavy atom. The number of nitrogens with zero attached hydrogens (tertiary/aromatic N) is 2. The van der Waals surface area contributed by atoms with E-state index in [1.807, 2.05) is 30.3 Å². The molecule has 0 bridgehead atoms. The first-order chi connectivity index (χ1) is 12.7. The number of aromatic nitrogens is 1. The molecule has 0 aliphatic carbocycles. The molecule has 8 heteroatoms. The fourth-order valence-electron chi connectivity index (χ4n) is 2.48. The lowest BCUT2D eigenvalue weighted by molar-refractivity contribution is 0.0963. The van der Waals surface area contributed by atoms with Crippen molar-refractivity contribution in [2.75, 3.05) is 27.7 Å². The van der Waals surface area contributed by atoms with Gasteiger partial charge < -0.3 is 20.7 Å². The Bertz CT molecular complexity index is 767. The number of carbonyl (C=O) groups is 1. The first-order valence-electron chi connectivity index (χ1n) is 8.41. The van der Waals surface area contributed by atoms with Crippen molar-refractivity contribution in [1.82, 2.24) is 20.9 Å². The number of pyridine rings is 1. The molecular formula is C19H26IN5O2. The highest BCUT2D eigenvalue weighted by Crippen LogP contribution is 2.12. The largest absolute Gasteiger partial charge is 0.481 e. The Kier molecular flexibility index (Phi) is 10.2. The van der Waals surface area contributed by atoms with Crippen LogP contribution in [0.25, 0.3) is 0 Å². The van der Waals surface area contributed by atoms with Gasteiger partial charge in [0.05, 0.1) is 7.11 Å². The highest BCUT2D eigenvalue weighted by molar-refractivity contribution is 14.0. The molecular weight excluding hydrogens is 457 g/mol. The van der Waals surface area contributed by atoms with E-state index in [1.165, 1.54) is 0 Å². The number of guanidine groups is 1. The van der Waals surface area contributed by atoms with Crippen molar-refractivity contribution in [3.8, 4) is 5.88 Å². The average molecular weight is 483 g/mol. The molecule has 2 aromatic rings. The molecule has 1 heterocycles. The van der Waals surface area contributed by atoms with Gasteiger partial charge in [0.1, 0.15) is 0 Å². The first kappa shape index (κ1) is 22.7. The molecule has 146 valence electrons. The topological polar surface area (TPSA) is 87.6 Å². The van der Waals surface area contributed by atoms with Crippen LogP contribution in [0, 0.1) is 0 Å². The number of rotatable bonds is 7. The number of hydrogen-bond acceptors (Lipinski definition) is 4. The second kappa shape index (κ2) is 12.1. The number of methoxy groups -OCH3 is 1. The maximum atomic E-state index is 11.7. The van der Waals surface area contributed by atoms with Gasteiger partial charge in [-0.3, -0.25) is 9.79 Å². The summed E-state index contributed by atoms with van der Waals surface area (Å²) in [4.78, 5) is 20.1. The minimum absolute atomic E-state index is 0. The standard InChI is InChI=1S/C19H25N5O2.HI/c1-20-17(25)15-7-4-6-14(12-15)9-11-23-19(21-2)24-13-16-8-5-10-22-18(16)26-3;/h4-8,10,12H,9,11,13H2,1-3H3,(H,20,25)(H2,21,23,24);1H. The van der Waals surface area contributed by atoms with Crippen molar-refractivity contribution in [3.63, 3.8) is 0 Å². The lowest BCUT2D eigenvalue weighted by Gasteiger charge is -2.13. The Balaban J connectivity index is 0.00000364. The third kappa shape index (κ3) is 7.05. The summed E-state index contributed by atoms with van der Waals surface area (Å²) in [6, 6.07) is 11.4.